The Morgan fingerprint density at radius 3 is 2.62 bits per heavy atom. The minimum Gasteiger partial charge on any atom is -0.480 e. The van der Waals surface area contributed by atoms with Crippen LogP contribution in [0, 0.1) is 0 Å². The Bertz CT molecular complexity index is 1350. The van der Waals surface area contributed by atoms with Crippen molar-refractivity contribution in [1.29, 1.82) is 0 Å². The van der Waals surface area contributed by atoms with E-state index in [0.717, 1.165) is 52.4 Å². The van der Waals surface area contributed by atoms with Gasteiger partial charge in [-0.2, -0.15) is 0 Å². The summed E-state index contributed by atoms with van der Waals surface area (Å²) in [6.45, 7) is 1.98. The zero-order chi connectivity index (χ0) is 26.1. The summed E-state index contributed by atoms with van der Waals surface area (Å²) in [5.41, 5.74) is 6.97. The van der Waals surface area contributed by atoms with Crippen LogP contribution in [-0.2, 0) is 27.3 Å². The number of anilines is 3. The van der Waals surface area contributed by atoms with Gasteiger partial charge in [0, 0.05) is 37.6 Å². The fraction of sp³-hybridized carbons (Fsp3) is 0.360. The molecule has 3 atom stereocenters. The molecule has 2 aliphatic rings. The lowest BCUT2D eigenvalue weighted by Crippen LogP contribution is -2.48. The molecular formula is C25H28N6O5S. The average Bonchev–Trinajstić information content (AvgIpc) is 3.54. The van der Waals surface area contributed by atoms with Crippen molar-refractivity contribution in [3.05, 3.63) is 54.4 Å². The Kier molecular flexibility index (Phi) is 6.94. The zero-order valence-corrected chi connectivity index (χ0v) is 20.9. The number of hydrogen-bond donors (Lipinski definition) is 3. The predicted octanol–water partition coefficient (Wildman–Crippen LogP) is 2.05. The van der Waals surface area contributed by atoms with Crippen LogP contribution in [0.4, 0.5) is 17.3 Å². The standard InChI is InChI=1S/C25H28N6O5S/c26-23-19-5-3-16(13-17(19)7-9-27-23)14-21(25(33)34)30-12-8-20(24(30)32)31(37(35)36)18-4-6-22(28-15-18)29-10-1-2-11-29/h3-7,9,13,15,20-21H,1-2,8,10-12,14H2,(H2,26,27)(H,33,34)(H,35,36)/t20-,21+/m0/s1. The molecule has 5 rings (SSSR count). The number of aliphatic carboxylic acids is 1. The maximum atomic E-state index is 13.4. The smallest absolute Gasteiger partial charge is 0.326 e. The highest BCUT2D eigenvalue weighted by Gasteiger charge is 2.43. The van der Waals surface area contributed by atoms with Crippen molar-refractivity contribution in [2.75, 3.05) is 34.6 Å². The van der Waals surface area contributed by atoms with E-state index >= 15 is 0 Å². The molecule has 0 aliphatic carbocycles. The quantitative estimate of drug-likeness (QED) is 0.376. The average molecular weight is 525 g/mol. The third-order valence-electron chi connectivity index (χ3n) is 7.03. The topological polar surface area (TPSA) is 153 Å². The van der Waals surface area contributed by atoms with Crippen LogP contribution in [-0.4, -0.2) is 72.3 Å². The monoisotopic (exact) mass is 524 g/mol. The molecule has 4 heterocycles. The number of carbonyl (C=O) groups excluding carboxylic acids is 1. The highest BCUT2D eigenvalue weighted by Crippen LogP contribution is 2.29. The molecule has 194 valence electrons. The molecule has 0 saturated carbocycles. The van der Waals surface area contributed by atoms with Crippen molar-refractivity contribution < 1.29 is 23.5 Å². The fourth-order valence-corrected chi connectivity index (χ4v) is 5.87. The lowest BCUT2D eigenvalue weighted by atomic mass is 10.0. The molecule has 12 heteroatoms. The molecule has 1 amide bonds. The first-order valence-electron chi connectivity index (χ1n) is 12.1. The second-order valence-electron chi connectivity index (χ2n) is 9.27. The summed E-state index contributed by atoms with van der Waals surface area (Å²) >= 11 is -2.50. The molecule has 2 aliphatic heterocycles. The van der Waals surface area contributed by atoms with Gasteiger partial charge in [-0.15, -0.1) is 0 Å². The van der Waals surface area contributed by atoms with Gasteiger partial charge in [-0.05, 0) is 48.4 Å². The minimum absolute atomic E-state index is 0.0836. The lowest BCUT2D eigenvalue weighted by molar-refractivity contribution is -0.148. The molecule has 0 radical (unpaired) electrons. The van der Waals surface area contributed by atoms with Crippen molar-refractivity contribution in [3.8, 4) is 0 Å². The largest absolute Gasteiger partial charge is 0.480 e. The second kappa shape index (κ2) is 10.3. The number of carboxylic acid groups (broad SMARTS) is 1. The van der Waals surface area contributed by atoms with E-state index in [2.05, 4.69) is 14.9 Å². The Labute approximate surface area is 216 Å². The fourth-order valence-electron chi connectivity index (χ4n) is 5.17. The number of amides is 1. The highest BCUT2D eigenvalue weighted by atomic mass is 32.2. The number of likely N-dealkylation sites (tertiary alicyclic amines) is 1. The SMILES string of the molecule is Nc1nccc2cc(C[C@H](C(=O)O)N3CC[C@H](N(c4ccc(N5CCCC5)nc4)S(=O)O)C3=O)ccc12. The van der Waals surface area contributed by atoms with Gasteiger partial charge in [0.05, 0.1) is 11.9 Å². The predicted molar refractivity (Wildman–Crippen MR) is 140 cm³/mol. The Hall–Kier alpha value is -3.77. The minimum atomic E-state index is -2.50. The number of pyridine rings is 2. The Balaban J connectivity index is 1.36. The Morgan fingerprint density at radius 1 is 1.16 bits per heavy atom. The van der Waals surface area contributed by atoms with E-state index in [1.807, 2.05) is 6.07 Å². The summed E-state index contributed by atoms with van der Waals surface area (Å²) in [4.78, 5) is 37.6. The van der Waals surface area contributed by atoms with Crippen LogP contribution in [0.15, 0.2) is 48.8 Å². The van der Waals surface area contributed by atoms with Crippen molar-refractivity contribution >= 4 is 51.2 Å². The first-order chi connectivity index (χ1) is 17.8. The summed E-state index contributed by atoms with van der Waals surface area (Å²) in [5, 5.41) is 11.6. The summed E-state index contributed by atoms with van der Waals surface area (Å²) in [5.74, 6) is -0.482. The number of carboxylic acids is 1. The van der Waals surface area contributed by atoms with Gasteiger partial charge in [0.25, 0.3) is 11.3 Å². The number of carbonyl (C=O) groups is 2. The van der Waals surface area contributed by atoms with Crippen molar-refractivity contribution in [3.63, 3.8) is 0 Å². The number of fused-ring (bicyclic) bond motifs is 1. The first kappa shape index (κ1) is 24.9. The molecular weight excluding hydrogens is 496 g/mol. The van der Waals surface area contributed by atoms with Gasteiger partial charge in [0.2, 0.25) is 5.91 Å². The molecule has 2 aromatic heterocycles. The third-order valence-corrected chi connectivity index (χ3v) is 7.83. The van der Waals surface area contributed by atoms with E-state index in [0.29, 0.717) is 11.5 Å². The van der Waals surface area contributed by atoms with Crippen LogP contribution >= 0.6 is 0 Å². The van der Waals surface area contributed by atoms with E-state index in [1.165, 1.54) is 11.1 Å². The number of benzene rings is 1. The molecule has 0 spiro atoms. The molecule has 2 fully saturated rings. The first-order valence-corrected chi connectivity index (χ1v) is 13.2. The molecule has 3 aromatic rings. The third kappa shape index (κ3) is 4.94. The summed E-state index contributed by atoms with van der Waals surface area (Å²) in [6.07, 6.45) is 5.56. The number of rotatable bonds is 8. The molecule has 11 nitrogen and oxygen atoms in total. The number of nitrogens with zero attached hydrogens (tertiary/aromatic N) is 5. The summed E-state index contributed by atoms with van der Waals surface area (Å²) in [6, 6.07) is 8.54. The summed E-state index contributed by atoms with van der Waals surface area (Å²) in [7, 11) is 0. The molecule has 1 aromatic carbocycles. The summed E-state index contributed by atoms with van der Waals surface area (Å²) < 4.78 is 23.5. The number of nitrogens with two attached hydrogens (primary N) is 1. The van der Waals surface area contributed by atoms with Gasteiger partial charge >= 0.3 is 5.97 Å². The van der Waals surface area contributed by atoms with Crippen molar-refractivity contribution in [1.82, 2.24) is 14.9 Å². The number of nitrogen functional groups attached to an aromatic ring is 1. The second-order valence-corrected chi connectivity index (χ2v) is 10.1. The lowest BCUT2D eigenvalue weighted by Gasteiger charge is -2.28. The maximum Gasteiger partial charge on any atom is 0.326 e. The van der Waals surface area contributed by atoms with Gasteiger partial charge < -0.3 is 20.6 Å². The number of hydrogen-bond acceptors (Lipinski definition) is 7. The van der Waals surface area contributed by atoms with Crippen LogP contribution in [0.5, 0.6) is 0 Å². The van der Waals surface area contributed by atoms with Crippen LogP contribution in [0.25, 0.3) is 10.8 Å². The van der Waals surface area contributed by atoms with Crippen LogP contribution < -0.4 is 14.9 Å². The van der Waals surface area contributed by atoms with Gasteiger partial charge in [0.1, 0.15) is 23.7 Å². The van der Waals surface area contributed by atoms with E-state index in [-0.39, 0.29) is 19.4 Å². The van der Waals surface area contributed by atoms with Crippen molar-refractivity contribution in [2.45, 2.75) is 37.8 Å². The van der Waals surface area contributed by atoms with Gasteiger partial charge in [0.15, 0.2) is 0 Å². The van der Waals surface area contributed by atoms with E-state index in [1.54, 1.807) is 36.5 Å². The van der Waals surface area contributed by atoms with Gasteiger partial charge in [-0.25, -0.2) is 19.0 Å². The van der Waals surface area contributed by atoms with E-state index in [4.69, 9.17) is 5.73 Å². The van der Waals surface area contributed by atoms with Crippen LogP contribution in [0.1, 0.15) is 24.8 Å². The molecule has 0 bridgehead atoms. The zero-order valence-electron chi connectivity index (χ0n) is 20.1. The van der Waals surface area contributed by atoms with Crippen LogP contribution in [0.2, 0.25) is 0 Å². The maximum absolute atomic E-state index is 13.4. The Morgan fingerprint density at radius 2 is 1.95 bits per heavy atom. The van der Waals surface area contributed by atoms with E-state index in [9.17, 15) is 23.5 Å². The van der Waals surface area contributed by atoms with Gasteiger partial charge in [-0.3, -0.25) is 13.7 Å². The molecule has 4 N–H and O–H groups in total. The molecule has 37 heavy (non-hydrogen) atoms. The van der Waals surface area contributed by atoms with Crippen molar-refractivity contribution in [2.24, 2.45) is 0 Å². The normalized spacial score (nSPS) is 19.4. The molecule has 1 unspecified atom stereocenters. The van der Waals surface area contributed by atoms with Gasteiger partial charge in [-0.1, -0.05) is 18.2 Å². The van der Waals surface area contributed by atoms with Crippen LogP contribution in [0.3, 0.4) is 0 Å². The molecule has 2 saturated heterocycles. The highest BCUT2D eigenvalue weighted by molar-refractivity contribution is 7.80. The number of aromatic nitrogens is 2. The van der Waals surface area contributed by atoms with E-state index < -0.39 is 35.2 Å².